The van der Waals surface area contributed by atoms with E-state index in [0.29, 0.717) is 0 Å². The maximum Gasteiger partial charge on any atom is 0.119 e. The van der Waals surface area contributed by atoms with Gasteiger partial charge in [0.1, 0.15) is 5.75 Å². The Labute approximate surface area is 121 Å². The minimum atomic E-state index is 0.774. The van der Waals surface area contributed by atoms with Gasteiger partial charge in [-0.15, -0.1) is 0 Å². The molecular formula is C18H23NO. The van der Waals surface area contributed by atoms with Crippen molar-refractivity contribution in [2.45, 2.75) is 33.2 Å². The molecule has 2 nitrogen and oxygen atoms in total. The van der Waals surface area contributed by atoms with E-state index in [1.54, 1.807) is 0 Å². The molecule has 2 rings (SSSR count). The molecule has 2 aromatic carbocycles. The van der Waals surface area contributed by atoms with Gasteiger partial charge in [-0.1, -0.05) is 38.1 Å². The molecule has 20 heavy (non-hydrogen) atoms. The van der Waals surface area contributed by atoms with Crippen LogP contribution in [0.1, 0.15) is 31.4 Å². The molecule has 0 atom stereocenters. The Hall–Kier alpha value is -1.96. The molecule has 0 spiro atoms. The topological polar surface area (TPSA) is 21.3 Å². The second-order valence-corrected chi connectivity index (χ2v) is 4.85. The summed E-state index contributed by atoms with van der Waals surface area (Å²) in [7, 11) is 0. The first-order valence-electron chi connectivity index (χ1n) is 7.37. The van der Waals surface area contributed by atoms with Crippen LogP contribution in [0.3, 0.4) is 0 Å². The van der Waals surface area contributed by atoms with Crippen LogP contribution in [0.4, 0.5) is 5.69 Å². The Balaban J connectivity index is 1.93. The van der Waals surface area contributed by atoms with Gasteiger partial charge in [-0.25, -0.2) is 0 Å². The first kappa shape index (κ1) is 14.4. The van der Waals surface area contributed by atoms with Crippen molar-refractivity contribution < 1.29 is 4.74 Å². The molecule has 0 bridgehead atoms. The lowest BCUT2D eigenvalue weighted by atomic mass is 10.1. The summed E-state index contributed by atoms with van der Waals surface area (Å²) in [5, 5.41) is 3.46. The van der Waals surface area contributed by atoms with E-state index in [2.05, 4.69) is 55.6 Å². The maximum atomic E-state index is 5.58. The van der Waals surface area contributed by atoms with Crippen molar-refractivity contribution in [3.05, 3.63) is 59.7 Å². The third kappa shape index (κ3) is 4.02. The minimum Gasteiger partial charge on any atom is -0.494 e. The van der Waals surface area contributed by atoms with E-state index < -0.39 is 0 Å². The quantitative estimate of drug-likeness (QED) is 0.790. The van der Waals surface area contributed by atoms with E-state index in [-0.39, 0.29) is 0 Å². The molecule has 0 fully saturated rings. The lowest BCUT2D eigenvalue weighted by molar-refractivity contribution is 0.317. The van der Waals surface area contributed by atoms with Crippen LogP contribution in [0.15, 0.2) is 48.5 Å². The lowest BCUT2D eigenvalue weighted by Gasteiger charge is -2.11. The molecule has 0 aliphatic carbocycles. The molecule has 0 aromatic heterocycles. The summed E-state index contributed by atoms with van der Waals surface area (Å²) in [4.78, 5) is 0. The average molecular weight is 269 g/mol. The van der Waals surface area contributed by atoms with E-state index >= 15 is 0 Å². The summed E-state index contributed by atoms with van der Waals surface area (Å²) in [6.45, 7) is 5.94. The van der Waals surface area contributed by atoms with Gasteiger partial charge in [0.15, 0.2) is 0 Å². The van der Waals surface area contributed by atoms with E-state index in [1.165, 1.54) is 11.1 Å². The highest BCUT2D eigenvalue weighted by Gasteiger charge is 2.00. The van der Waals surface area contributed by atoms with Gasteiger partial charge in [-0.2, -0.15) is 0 Å². The third-order valence-corrected chi connectivity index (χ3v) is 3.31. The van der Waals surface area contributed by atoms with Crippen LogP contribution in [0.2, 0.25) is 0 Å². The number of anilines is 1. The molecule has 0 radical (unpaired) electrons. The highest BCUT2D eigenvalue weighted by molar-refractivity contribution is 5.47. The zero-order valence-electron chi connectivity index (χ0n) is 12.4. The van der Waals surface area contributed by atoms with Gasteiger partial charge in [0.25, 0.3) is 0 Å². The normalized spacial score (nSPS) is 10.3. The summed E-state index contributed by atoms with van der Waals surface area (Å²) in [6.07, 6.45) is 2.11. The Morgan fingerprint density at radius 1 is 0.900 bits per heavy atom. The van der Waals surface area contributed by atoms with Crippen LogP contribution in [-0.2, 0) is 13.0 Å². The second-order valence-electron chi connectivity index (χ2n) is 4.85. The Bertz CT molecular complexity index is 519. The zero-order valence-corrected chi connectivity index (χ0v) is 12.4. The molecular weight excluding hydrogens is 246 g/mol. The van der Waals surface area contributed by atoms with Crippen LogP contribution < -0.4 is 10.1 Å². The van der Waals surface area contributed by atoms with Crippen LogP contribution >= 0.6 is 0 Å². The molecule has 1 N–H and O–H groups in total. The smallest absolute Gasteiger partial charge is 0.119 e. The van der Waals surface area contributed by atoms with Crippen molar-refractivity contribution in [1.29, 1.82) is 0 Å². The van der Waals surface area contributed by atoms with Crippen LogP contribution in [0.5, 0.6) is 5.75 Å². The summed E-state index contributed by atoms with van der Waals surface area (Å²) in [6, 6.07) is 16.7. The largest absolute Gasteiger partial charge is 0.494 e. The first-order valence-corrected chi connectivity index (χ1v) is 7.37. The number of hydrogen-bond donors (Lipinski definition) is 1. The molecule has 0 unspecified atom stereocenters. The first-order chi connectivity index (χ1) is 9.83. The van der Waals surface area contributed by atoms with Gasteiger partial charge < -0.3 is 10.1 Å². The summed E-state index contributed by atoms with van der Waals surface area (Å²) < 4.78 is 5.58. The lowest BCUT2D eigenvalue weighted by Crippen LogP contribution is -2.02. The molecule has 106 valence electrons. The Morgan fingerprint density at radius 3 is 2.25 bits per heavy atom. The number of rotatable bonds is 7. The number of benzene rings is 2. The summed E-state index contributed by atoms with van der Waals surface area (Å²) in [5.41, 5.74) is 3.89. The number of hydrogen-bond acceptors (Lipinski definition) is 2. The van der Waals surface area contributed by atoms with Crippen molar-refractivity contribution in [3.8, 4) is 5.75 Å². The number of ether oxygens (including phenoxy) is 1. The molecule has 0 aliphatic heterocycles. The summed E-state index contributed by atoms with van der Waals surface area (Å²) in [5.74, 6) is 0.936. The molecule has 0 amide bonds. The van der Waals surface area contributed by atoms with Gasteiger partial charge >= 0.3 is 0 Å². The Kier molecular flexibility index (Phi) is 5.48. The monoisotopic (exact) mass is 269 g/mol. The van der Waals surface area contributed by atoms with Gasteiger partial charge in [-0.3, -0.25) is 0 Å². The zero-order chi connectivity index (χ0) is 14.2. The number of aryl methyl sites for hydroxylation is 1. The molecule has 0 aliphatic rings. The second kappa shape index (κ2) is 7.59. The molecule has 2 aromatic rings. The third-order valence-electron chi connectivity index (χ3n) is 3.31. The fourth-order valence-corrected chi connectivity index (χ4v) is 2.16. The van der Waals surface area contributed by atoms with Gasteiger partial charge in [0, 0.05) is 12.2 Å². The van der Waals surface area contributed by atoms with Crippen molar-refractivity contribution in [1.82, 2.24) is 0 Å². The van der Waals surface area contributed by atoms with Crippen molar-refractivity contribution >= 4 is 5.69 Å². The van der Waals surface area contributed by atoms with Crippen molar-refractivity contribution in [2.75, 3.05) is 11.9 Å². The van der Waals surface area contributed by atoms with Crippen LogP contribution in [-0.4, -0.2) is 6.61 Å². The Morgan fingerprint density at radius 2 is 1.60 bits per heavy atom. The fourth-order valence-electron chi connectivity index (χ4n) is 2.16. The maximum absolute atomic E-state index is 5.58. The molecule has 0 saturated heterocycles. The minimum absolute atomic E-state index is 0.774. The van der Waals surface area contributed by atoms with Gasteiger partial charge in [0.2, 0.25) is 0 Å². The van der Waals surface area contributed by atoms with Crippen molar-refractivity contribution in [2.24, 2.45) is 0 Å². The van der Waals surface area contributed by atoms with E-state index in [1.807, 2.05) is 12.1 Å². The standard InChI is InChI=1S/C18H23NO/c1-3-13-20-18-11-9-17(10-12-18)19-14-16-8-6-5-7-15(16)4-2/h5-12,19H,3-4,13-14H2,1-2H3. The van der Waals surface area contributed by atoms with Crippen LogP contribution in [0.25, 0.3) is 0 Å². The van der Waals surface area contributed by atoms with Gasteiger partial charge in [-0.05, 0) is 48.2 Å². The van der Waals surface area contributed by atoms with Crippen LogP contribution in [0, 0.1) is 0 Å². The predicted octanol–water partition coefficient (Wildman–Crippen LogP) is 4.65. The van der Waals surface area contributed by atoms with E-state index in [9.17, 15) is 0 Å². The highest BCUT2D eigenvalue weighted by atomic mass is 16.5. The average Bonchev–Trinajstić information content (AvgIpc) is 2.52. The molecule has 0 heterocycles. The SMILES string of the molecule is CCCOc1ccc(NCc2ccccc2CC)cc1. The van der Waals surface area contributed by atoms with E-state index in [0.717, 1.165) is 37.4 Å². The summed E-state index contributed by atoms with van der Waals surface area (Å²) >= 11 is 0. The fraction of sp³-hybridized carbons (Fsp3) is 0.333. The highest BCUT2D eigenvalue weighted by Crippen LogP contribution is 2.17. The molecule has 2 heteroatoms. The molecule has 0 saturated carbocycles. The number of nitrogens with one attached hydrogen (secondary N) is 1. The predicted molar refractivity (Wildman–Crippen MR) is 85.4 cm³/mol. The van der Waals surface area contributed by atoms with Gasteiger partial charge in [0.05, 0.1) is 6.61 Å². The van der Waals surface area contributed by atoms with E-state index in [4.69, 9.17) is 4.74 Å². The van der Waals surface area contributed by atoms with Crippen molar-refractivity contribution in [3.63, 3.8) is 0 Å².